The summed E-state index contributed by atoms with van der Waals surface area (Å²) in [5.41, 5.74) is 3.23. The van der Waals surface area contributed by atoms with Gasteiger partial charge in [-0.1, -0.05) is 11.2 Å². The summed E-state index contributed by atoms with van der Waals surface area (Å²) in [6.45, 7) is 3.87. The normalized spacial score (nSPS) is 10.7. The van der Waals surface area contributed by atoms with Gasteiger partial charge >= 0.3 is 0 Å². The van der Waals surface area contributed by atoms with E-state index in [1.165, 1.54) is 25.3 Å². The zero-order valence-electron chi connectivity index (χ0n) is 14.5. The molecule has 1 N–H and O–H groups in total. The molecule has 8 nitrogen and oxygen atoms in total. The number of ether oxygens (including phenoxy) is 1. The molecular formula is C18H17N3O5. The molecule has 8 heteroatoms. The molecule has 134 valence electrons. The Hall–Kier alpha value is -3.42. The second-order valence-corrected chi connectivity index (χ2v) is 5.95. The van der Waals surface area contributed by atoms with Crippen LogP contribution in [0.5, 0.6) is 5.75 Å². The fourth-order valence-corrected chi connectivity index (χ4v) is 2.82. The van der Waals surface area contributed by atoms with Gasteiger partial charge in [-0.2, -0.15) is 0 Å². The third-order valence-corrected chi connectivity index (χ3v) is 3.97. The van der Waals surface area contributed by atoms with Gasteiger partial charge in [-0.3, -0.25) is 14.9 Å². The summed E-state index contributed by atoms with van der Waals surface area (Å²) < 4.78 is 10.5. The number of aryl methyl sites for hydroxylation is 2. The maximum Gasteiger partial charge on any atom is 0.271 e. The first-order valence-electron chi connectivity index (χ1n) is 7.87. The largest absolute Gasteiger partial charge is 0.495 e. The Morgan fingerprint density at radius 1 is 1.31 bits per heavy atom. The van der Waals surface area contributed by atoms with Gasteiger partial charge in [0.25, 0.3) is 5.69 Å². The van der Waals surface area contributed by atoms with Crippen molar-refractivity contribution in [1.29, 1.82) is 0 Å². The molecule has 0 bridgehead atoms. The second kappa shape index (κ2) is 6.83. The van der Waals surface area contributed by atoms with Crippen molar-refractivity contribution in [2.45, 2.75) is 20.3 Å². The van der Waals surface area contributed by atoms with E-state index < -0.39 is 4.92 Å². The Bertz CT molecular complexity index is 1010. The first-order valence-corrected chi connectivity index (χ1v) is 7.87. The van der Waals surface area contributed by atoms with Gasteiger partial charge in [0.15, 0.2) is 5.58 Å². The summed E-state index contributed by atoms with van der Waals surface area (Å²) in [4.78, 5) is 22.8. The van der Waals surface area contributed by atoms with Gasteiger partial charge in [0, 0.05) is 17.5 Å². The van der Waals surface area contributed by atoms with Crippen molar-refractivity contribution < 1.29 is 19.0 Å². The lowest BCUT2D eigenvalue weighted by Crippen LogP contribution is -2.15. The molecule has 0 unspecified atom stereocenters. The van der Waals surface area contributed by atoms with E-state index in [1.807, 2.05) is 26.0 Å². The number of non-ortho nitro benzene ring substituents is 1. The van der Waals surface area contributed by atoms with E-state index in [0.717, 1.165) is 16.5 Å². The van der Waals surface area contributed by atoms with E-state index in [0.29, 0.717) is 17.0 Å². The van der Waals surface area contributed by atoms with Crippen molar-refractivity contribution in [2.75, 3.05) is 12.4 Å². The molecule has 0 radical (unpaired) electrons. The first-order chi connectivity index (χ1) is 12.4. The average molecular weight is 355 g/mol. The lowest BCUT2D eigenvalue weighted by molar-refractivity contribution is -0.384. The third kappa shape index (κ3) is 3.34. The summed E-state index contributed by atoms with van der Waals surface area (Å²) in [6, 6.07) is 7.89. The van der Waals surface area contributed by atoms with Crippen LogP contribution in [0.4, 0.5) is 11.4 Å². The van der Waals surface area contributed by atoms with Gasteiger partial charge in [-0.15, -0.1) is 0 Å². The van der Waals surface area contributed by atoms with Crippen molar-refractivity contribution in [3.05, 3.63) is 57.3 Å². The number of hydrogen-bond donors (Lipinski definition) is 1. The number of carbonyl (C=O) groups excluding carboxylic acids is 1. The van der Waals surface area contributed by atoms with E-state index in [4.69, 9.17) is 9.26 Å². The molecule has 0 fully saturated rings. The molecule has 0 aliphatic carbocycles. The molecule has 3 aromatic rings. The van der Waals surface area contributed by atoms with Crippen molar-refractivity contribution in [3.8, 4) is 5.75 Å². The molecule has 0 saturated carbocycles. The van der Waals surface area contributed by atoms with Crippen molar-refractivity contribution in [1.82, 2.24) is 5.16 Å². The molecule has 0 saturated heterocycles. The quantitative estimate of drug-likeness (QED) is 0.554. The van der Waals surface area contributed by atoms with Crippen LogP contribution in [0.1, 0.15) is 16.8 Å². The standard InChI is InChI=1S/C18H17N3O5/c1-10-6-11(2)18-13(7-10)14(20-26-18)9-17(22)19-15-8-12(21(23)24)4-5-16(15)25-3/h4-8H,9H2,1-3H3,(H,19,22). The smallest absolute Gasteiger partial charge is 0.271 e. The van der Waals surface area contributed by atoms with Crippen molar-refractivity contribution in [2.24, 2.45) is 0 Å². The van der Waals surface area contributed by atoms with Crippen LogP contribution in [0.2, 0.25) is 0 Å². The van der Waals surface area contributed by atoms with Crippen LogP contribution >= 0.6 is 0 Å². The van der Waals surface area contributed by atoms with Gasteiger partial charge in [0.05, 0.1) is 24.1 Å². The maximum atomic E-state index is 12.4. The Morgan fingerprint density at radius 3 is 2.77 bits per heavy atom. The van der Waals surface area contributed by atoms with Gasteiger partial charge < -0.3 is 14.6 Å². The molecule has 0 atom stereocenters. The fraction of sp³-hybridized carbons (Fsp3) is 0.222. The summed E-state index contributed by atoms with van der Waals surface area (Å²) in [7, 11) is 1.42. The van der Waals surface area contributed by atoms with Crippen LogP contribution in [-0.4, -0.2) is 23.1 Å². The molecule has 3 rings (SSSR count). The Kier molecular flexibility index (Phi) is 4.57. The highest BCUT2D eigenvalue weighted by atomic mass is 16.6. The summed E-state index contributed by atoms with van der Waals surface area (Å²) >= 11 is 0. The van der Waals surface area contributed by atoms with E-state index in [2.05, 4.69) is 10.5 Å². The molecule has 2 aromatic carbocycles. The molecule has 0 aliphatic heterocycles. The number of methoxy groups -OCH3 is 1. The van der Waals surface area contributed by atoms with Crippen LogP contribution in [0.15, 0.2) is 34.9 Å². The number of nitro groups is 1. The number of amides is 1. The van der Waals surface area contributed by atoms with Crippen LogP contribution in [0.3, 0.4) is 0 Å². The number of benzene rings is 2. The number of nitro benzene ring substituents is 1. The highest BCUT2D eigenvalue weighted by Gasteiger charge is 2.17. The number of nitrogens with zero attached hydrogens (tertiary/aromatic N) is 2. The van der Waals surface area contributed by atoms with E-state index in [-0.39, 0.29) is 23.7 Å². The van der Waals surface area contributed by atoms with Crippen LogP contribution in [-0.2, 0) is 11.2 Å². The number of nitrogens with one attached hydrogen (secondary N) is 1. The van der Waals surface area contributed by atoms with Crippen LogP contribution < -0.4 is 10.1 Å². The van der Waals surface area contributed by atoms with E-state index >= 15 is 0 Å². The second-order valence-electron chi connectivity index (χ2n) is 5.95. The lowest BCUT2D eigenvalue weighted by atomic mass is 10.1. The van der Waals surface area contributed by atoms with Crippen LogP contribution in [0.25, 0.3) is 11.0 Å². The first kappa shape index (κ1) is 17.4. The minimum atomic E-state index is -0.536. The number of hydrogen-bond acceptors (Lipinski definition) is 6. The predicted octanol–water partition coefficient (Wildman–Crippen LogP) is 3.54. The zero-order valence-corrected chi connectivity index (χ0v) is 14.5. The van der Waals surface area contributed by atoms with Crippen molar-refractivity contribution in [3.63, 3.8) is 0 Å². The monoisotopic (exact) mass is 355 g/mol. The molecule has 1 amide bonds. The Balaban J connectivity index is 1.86. The molecule has 0 spiro atoms. The third-order valence-electron chi connectivity index (χ3n) is 3.97. The number of aromatic nitrogens is 1. The molecule has 26 heavy (non-hydrogen) atoms. The molecule has 1 heterocycles. The highest BCUT2D eigenvalue weighted by molar-refractivity contribution is 5.96. The van der Waals surface area contributed by atoms with Crippen LogP contribution in [0, 0.1) is 24.0 Å². The van der Waals surface area contributed by atoms with Crippen molar-refractivity contribution >= 4 is 28.3 Å². The number of fused-ring (bicyclic) bond motifs is 1. The van der Waals surface area contributed by atoms with Gasteiger partial charge in [-0.25, -0.2) is 0 Å². The molecular weight excluding hydrogens is 338 g/mol. The topological polar surface area (TPSA) is 108 Å². The highest BCUT2D eigenvalue weighted by Crippen LogP contribution is 2.29. The lowest BCUT2D eigenvalue weighted by Gasteiger charge is -2.09. The minimum Gasteiger partial charge on any atom is -0.495 e. The number of rotatable bonds is 5. The fourth-order valence-electron chi connectivity index (χ4n) is 2.82. The maximum absolute atomic E-state index is 12.4. The Labute approximate surface area is 148 Å². The predicted molar refractivity (Wildman–Crippen MR) is 95.5 cm³/mol. The average Bonchev–Trinajstić information content (AvgIpc) is 2.97. The summed E-state index contributed by atoms with van der Waals surface area (Å²) in [6.07, 6.45) is -0.0261. The summed E-state index contributed by atoms with van der Waals surface area (Å²) in [5, 5.41) is 18.3. The summed E-state index contributed by atoms with van der Waals surface area (Å²) in [5.74, 6) is -0.0428. The zero-order chi connectivity index (χ0) is 18.8. The van der Waals surface area contributed by atoms with E-state index in [1.54, 1.807) is 0 Å². The minimum absolute atomic E-state index is 0.0261. The number of carbonyl (C=O) groups is 1. The SMILES string of the molecule is COc1ccc([N+](=O)[O-])cc1NC(=O)Cc1noc2c(C)cc(C)cc12. The van der Waals surface area contributed by atoms with Gasteiger partial charge in [0.1, 0.15) is 11.4 Å². The molecule has 1 aromatic heterocycles. The molecule has 0 aliphatic rings. The number of anilines is 1. The van der Waals surface area contributed by atoms with Gasteiger partial charge in [0.2, 0.25) is 5.91 Å². The van der Waals surface area contributed by atoms with Gasteiger partial charge in [-0.05, 0) is 37.1 Å². The Morgan fingerprint density at radius 2 is 2.08 bits per heavy atom. The van der Waals surface area contributed by atoms with E-state index in [9.17, 15) is 14.9 Å².